The summed E-state index contributed by atoms with van der Waals surface area (Å²) in [5, 5.41) is 30.6. The fourth-order valence-electron chi connectivity index (χ4n) is 3.38. The molecule has 6 heteroatoms. The molecule has 0 aliphatic heterocycles. The highest BCUT2D eigenvalue weighted by Crippen LogP contribution is 2.36. The monoisotopic (exact) mass is 402 g/mol. The highest BCUT2D eigenvalue weighted by Gasteiger charge is 2.39. The molecular formula is C23H30O6. The maximum atomic E-state index is 11.1. The summed E-state index contributed by atoms with van der Waals surface area (Å²) in [4.78, 5) is 11.1. The van der Waals surface area contributed by atoms with Crippen molar-refractivity contribution in [2.24, 2.45) is 11.8 Å². The minimum atomic E-state index is -0.811. The molecule has 0 heterocycles. The average molecular weight is 402 g/mol. The molecule has 0 unspecified atom stereocenters. The van der Waals surface area contributed by atoms with E-state index in [1.54, 1.807) is 24.3 Å². The number of aliphatic hydroxyl groups excluding tert-OH is 3. The van der Waals surface area contributed by atoms with Crippen LogP contribution in [0.3, 0.4) is 0 Å². The van der Waals surface area contributed by atoms with E-state index in [1.165, 1.54) is 7.11 Å². The first-order valence-corrected chi connectivity index (χ1v) is 9.87. The molecule has 158 valence electrons. The number of hydrogen-bond acceptors (Lipinski definition) is 6. The van der Waals surface area contributed by atoms with Crippen LogP contribution in [-0.4, -0.2) is 53.3 Å². The van der Waals surface area contributed by atoms with Crippen LogP contribution in [0, 0.1) is 11.8 Å². The molecule has 6 nitrogen and oxygen atoms in total. The third-order valence-corrected chi connectivity index (χ3v) is 4.98. The summed E-state index contributed by atoms with van der Waals surface area (Å²) >= 11 is 0. The molecule has 0 spiro atoms. The van der Waals surface area contributed by atoms with Crippen molar-refractivity contribution in [2.45, 2.75) is 44.0 Å². The normalized spacial score (nSPS) is 24.7. The van der Waals surface area contributed by atoms with Gasteiger partial charge in [0, 0.05) is 18.8 Å². The Kier molecular flexibility index (Phi) is 9.68. The molecular weight excluding hydrogens is 372 g/mol. The van der Waals surface area contributed by atoms with Crippen molar-refractivity contribution < 1.29 is 29.6 Å². The van der Waals surface area contributed by atoms with Gasteiger partial charge in [0.1, 0.15) is 18.5 Å². The van der Waals surface area contributed by atoms with E-state index >= 15 is 0 Å². The van der Waals surface area contributed by atoms with Gasteiger partial charge in [-0.25, -0.2) is 0 Å². The standard InChI is InChI=1S/C23H30O6/c1-28-23(27)12-8-3-2-7-11-19-20(22(26)15-21(19)25)14-13-17(24)16-29-18-9-5-4-6-10-18/h3-7,9-10,13-14,17,19-22,24-26H,8,11-12,15-16H2,1H3/t2?,17-,19-,20-,21+,22-/m1/s1. The topological polar surface area (TPSA) is 96.2 Å². The second-order valence-corrected chi connectivity index (χ2v) is 7.11. The van der Waals surface area contributed by atoms with E-state index in [2.05, 4.69) is 10.5 Å². The fraction of sp³-hybridized carbons (Fsp3) is 0.478. The van der Waals surface area contributed by atoms with Gasteiger partial charge in [-0.2, -0.15) is 0 Å². The molecule has 3 N–H and O–H groups in total. The summed E-state index contributed by atoms with van der Waals surface area (Å²) in [5.41, 5.74) is 3.01. The first-order chi connectivity index (χ1) is 14.0. The fourth-order valence-corrected chi connectivity index (χ4v) is 3.38. The second kappa shape index (κ2) is 12.2. The number of methoxy groups -OCH3 is 1. The van der Waals surface area contributed by atoms with Gasteiger partial charge < -0.3 is 24.8 Å². The van der Waals surface area contributed by atoms with Gasteiger partial charge in [0.25, 0.3) is 0 Å². The van der Waals surface area contributed by atoms with Crippen LogP contribution < -0.4 is 4.74 Å². The van der Waals surface area contributed by atoms with Crippen LogP contribution >= 0.6 is 0 Å². The van der Waals surface area contributed by atoms with Gasteiger partial charge in [-0.3, -0.25) is 4.79 Å². The van der Waals surface area contributed by atoms with Crippen molar-refractivity contribution in [1.29, 1.82) is 0 Å². The molecule has 1 aromatic rings. The van der Waals surface area contributed by atoms with Gasteiger partial charge in [0.05, 0.1) is 19.3 Å². The second-order valence-electron chi connectivity index (χ2n) is 7.11. The highest BCUT2D eigenvalue weighted by molar-refractivity contribution is 5.69. The zero-order chi connectivity index (χ0) is 21.1. The SMILES string of the molecule is COC(=O)CCC=C=CC[C@@H]1[C@@H](C=C[C@@H](O)COc2ccccc2)[C@H](O)C[C@@H]1O. The van der Waals surface area contributed by atoms with Crippen molar-refractivity contribution in [3.05, 3.63) is 60.4 Å². The first kappa shape index (κ1) is 22.9. The Morgan fingerprint density at radius 2 is 2.00 bits per heavy atom. The van der Waals surface area contributed by atoms with Crippen LogP contribution in [0.25, 0.3) is 0 Å². The molecule has 1 saturated carbocycles. The molecule has 29 heavy (non-hydrogen) atoms. The van der Waals surface area contributed by atoms with E-state index < -0.39 is 18.3 Å². The molecule has 1 aliphatic carbocycles. The summed E-state index contributed by atoms with van der Waals surface area (Å²) in [6.45, 7) is 0.110. The molecule has 0 radical (unpaired) electrons. The number of hydrogen-bond donors (Lipinski definition) is 3. The van der Waals surface area contributed by atoms with Gasteiger partial charge >= 0.3 is 5.97 Å². The van der Waals surface area contributed by atoms with Crippen LogP contribution in [0.5, 0.6) is 5.75 Å². The molecule has 0 bridgehead atoms. The molecule has 1 aromatic carbocycles. The largest absolute Gasteiger partial charge is 0.491 e. The van der Waals surface area contributed by atoms with Crippen molar-refractivity contribution >= 4 is 5.97 Å². The predicted octanol–water partition coefficient (Wildman–Crippen LogP) is 2.40. The molecule has 2 rings (SSSR count). The maximum absolute atomic E-state index is 11.1. The number of ether oxygens (including phenoxy) is 2. The highest BCUT2D eigenvalue weighted by atomic mass is 16.5. The predicted molar refractivity (Wildman–Crippen MR) is 109 cm³/mol. The molecule has 0 amide bonds. The zero-order valence-electron chi connectivity index (χ0n) is 16.7. The van der Waals surface area contributed by atoms with Crippen LogP contribution in [0.4, 0.5) is 0 Å². The lowest BCUT2D eigenvalue weighted by atomic mass is 9.90. The molecule has 0 saturated heterocycles. The number of para-hydroxylation sites is 1. The number of carbonyl (C=O) groups excluding carboxylic acids is 1. The summed E-state index contributed by atoms with van der Waals surface area (Å²) < 4.78 is 10.1. The Labute approximate surface area is 171 Å². The van der Waals surface area contributed by atoms with Gasteiger partial charge in [0.15, 0.2) is 0 Å². The van der Waals surface area contributed by atoms with E-state index in [-0.39, 0.29) is 24.4 Å². The minimum Gasteiger partial charge on any atom is -0.491 e. The summed E-state index contributed by atoms with van der Waals surface area (Å²) in [7, 11) is 1.35. The van der Waals surface area contributed by atoms with Crippen molar-refractivity contribution in [3.63, 3.8) is 0 Å². The lowest BCUT2D eigenvalue weighted by Crippen LogP contribution is -2.21. The van der Waals surface area contributed by atoms with Gasteiger partial charge in [-0.05, 0) is 43.0 Å². The number of benzene rings is 1. The van der Waals surface area contributed by atoms with E-state index in [0.717, 1.165) is 0 Å². The van der Waals surface area contributed by atoms with E-state index in [9.17, 15) is 20.1 Å². The molecule has 0 aromatic heterocycles. The number of esters is 1. The van der Waals surface area contributed by atoms with E-state index in [1.807, 2.05) is 30.3 Å². The summed E-state index contributed by atoms with van der Waals surface area (Å²) in [6, 6.07) is 9.23. The van der Waals surface area contributed by atoms with Crippen LogP contribution in [0.15, 0.2) is 60.4 Å². The quantitative estimate of drug-likeness (QED) is 0.316. The number of rotatable bonds is 10. The zero-order valence-corrected chi connectivity index (χ0v) is 16.7. The minimum absolute atomic E-state index is 0.110. The Morgan fingerprint density at radius 3 is 2.72 bits per heavy atom. The maximum Gasteiger partial charge on any atom is 0.305 e. The first-order valence-electron chi connectivity index (χ1n) is 9.87. The Morgan fingerprint density at radius 1 is 1.24 bits per heavy atom. The van der Waals surface area contributed by atoms with Gasteiger partial charge in [-0.15, -0.1) is 5.73 Å². The van der Waals surface area contributed by atoms with Crippen molar-refractivity contribution in [2.75, 3.05) is 13.7 Å². The van der Waals surface area contributed by atoms with E-state index in [0.29, 0.717) is 31.4 Å². The van der Waals surface area contributed by atoms with Gasteiger partial charge in [-0.1, -0.05) is 30.4 Å². The molecule has 5 atom stereocenters. The number of carbonyl (C=O) groups is 1. The smallest absolute Gasteiger partial charge is 0.305 e. The average Bonchev–Trinajstić information content (AvgIpc) is 3.00. The van der Waals surface area contributed by atoms with Crippen LogP contribution in [0.2, 0.25) is 0 Å². The Bertz CT molecular complexity index is 707. The van der Waals surface area contributed by atoms with Crippen LogP contribution in [0.1, 0.15) is 25.7 Å². The van der Waals surface area contributed by atoms with E-state index in [4.69, 9.17) is 4.74 Å². The van der Waals surface area contributed by atoms with Gasteiger partial charge in [0.2, 0.25) is 0 Å². The summed E-state index contributed by atoms with van der Waals surface area (Å²) in [6.07, 6.45) is 6.52. The Balaban J connectivity index is 1.85. The third kappa shape index (κ3) is 7.87. The van der Waals surface area contributed by atoms with Crippen molar-refractivity contribution in [1.82, 2.24) is 0 Å². The van der Waals surface area contributed by atoms with Crippen LogP contribution in [-0.2, 0) is 9.53 Å². The summed E-state index contributed by atoms with van der Waals surface area (Å²) in [5.74, 6) is -0.00911. The lowest BCUT2D eigenvalue weighted by molar-refractivity contribution is -0.140. The van der Waals surface area contributed by atoms with Crippen molar-refractivity contribution in [3.8, 4) is 5.75 Å². The number of allylic oxidation sites excluding steroid dienone is 1. The Hall–Kier alpha value is -2.37. The lowest BCUT2D eigenvalue weighted by Gasteiger charge is -2.19. The number of aliphatic hydroxyl groups is 3. The third-order valence-electron chi connectivity index (χ3n) is 4.98. The molecule has 1 fully saturated rings. The molecule has 1 aliphatic rings.